The van der Waals surface area contributed by atoms with Gasteiger partial charge < -0.3 is 5.11 Å². The van der Waals surface area contributed by atoms with Crippen LogP contribution < -0.4 is 0 Å². The molecule has 0 radical (unpaired) electrons. The first-order valence-electron chi connectivity index (χ1n) is 8.86. The van der Waals surface area contributed by atoms with Crippen LogP contribution in [0.15, 0.2) is 48.6 Å². The molecule has 0 spiro atoms. The summed E-state index contributed by atoms with van der Waals surface area (Å²) < 4.78 is 0. The van der Waals surface area contributed by atoms with Crippen LogP contribution in [0.1, 0.15) is 64.7 Å². The van der Waals surface area contributed by atoms with Crippen LogP contribution in [0.2, 0.25) is 0 Å². The maximum absolute atomic E-state index is 10.3. The molecule has 0 saturated heterocycles. The Bertz CT molecular complexity index is 408. The number of rotatable bonds is 15. The van der Waals surface area contributed by atoms with Crippen LogP contribution in [0.3, 0.4) is 0 Å². The van der Waals surface area contributed by atoms with Crippen LogP contribution in [0.5, 0.6) is 0 Å². The Morgan fingerprint density at radius 3 is 2.46 bits per heavy atom. The lowest BCUT2D eigenvalue weighted by atomic mass is 10.1. The number of hydrogen-bond acceptors (Lipinski definition) is 3. The van der Waals surface area contributed by atoms with Gasteiger partial charge in [0.1, 0.15) is 6.10 Å². The highest BCUT2D eigenvalue weighted by molar-refractivity contribution is 5.66. The van der Waals surface area contributed by atoms with Gasteiger partial charge in [0.2, 0.25) is 0 Å². The topological polar surface area (TPSA) is 66.8 Å². The van der Waals surface area contributed by atoms with E-state index in [0.717, 1.165) is 19.3 Å². The van der Waals surface area contributed by atoms with Crippen molar-refractivity contribution in [3.05, 3.63) is 48.6 Å². The molecule has 2 N–H and O–H groups in total. The average Bonchev–Trinajstić information content (AvgIpc) is 2.57. The Hall–Kier alpha value is -1.65. The maximum atomic E-state index is 10.3. The molecule has 0 amide bonds. The minimum atomic E-state index is -0.745. The molecule has 0 aliphatic heterocycles. The van der Waals surface area contributed by atoms with E-state index in [1.54, 1.807) is 0 Å². The molecule has 0 aliphatic rings. The molecule has 0 rings (SSSR count). The van der Waals surface area contributed by atoms with Crippen molar-refractivity contribution in [1.29, 1.82) is 0 Å². The van der Waals surface area contributed by atoms with E-state index in [1.165, 1.54) is 19.3 Å². The first kappa shape index (κ1) is 22.4. The smallest absolute Gasteiger partial charge is 0.303 e. The Balaban J connectivity index is 3.79. The molecule has 0 saturated carbocycles. The molecule has 24 heavy (non-hydrogen) atoms. The third kappa shape index (κ3) is 16.7. The summed E-state index contributed by atoms with van der Waals surface area (Å²) >= 11 is 0. The lowest BCUT2D eigenvalue weighted by Crippen LogP contribution is -2.04. The SMILES string of the molecule is CCCCC/C=C\C[C@@H](/C=C/C=C\C/C=C\CCCC(=O)O)OO. The molecule has 1 atom stereocenters. The number of carboxylic acid groups (broad SMARTS) is 1. The fraction of sp³-hybridized carbons (Fsp3) is 0.550. The van der Waals surface area contributed by atoms with Crippen molar-refractivity contribution in [1.82, 2.24) is 0 Å². The summed E-state index contributed by atoms with van der Waals surface area (Å²) in [7, 11) is 0. The first-order valence-corrected chi connectivity index (χ1v) is 8.86. The van der Waals surface area contributed by atoms with Gasteiger partial charge >= 0.3 is 5.97 Å². The van der Waals surface area contributed by atoms with E-state index in [4.69, 9.17) is 10.4 Å². The molecule has 0 aromatic heterocycles. The molecule has 0 unspecified atom stereocenters. The number of carboxylic acids is 1. The zero-order valence-electron chi connectivity index (χ0n) is 14.8. The Labute approximate surface area is 146 Å². The van der Waals surface area contributed by atoms with Gasteiger partial charge in [-0.1, -0.05) is 68.4 Å². The van der Waals surface area contributed by atoms with Crippen molar-refractivity contribution >= 4 is 5.97 Å². The van der Waals surface area contributed by atoms with Gasteiger partial charge in [-0.25, -0.2) is 4.89 Å². The Kier molecular flexibility index (Phi) is 16.5. The Morgan fingerprint density at radius 2 is 1.75 bits per heavy atom. The maximum Gasteiger partial charge on any atom is 0.303 e. The summed E-state index contributed by atoms with van der Waals surface area (Å²) in [5, 5.41) is 17.4. The van der Waals surface area contributed by atoms with Crippen LogP contribution in [-0.4, -0.2) is 22.4 Å². The number of unbranched alkanes of at least 4 members (excludes halogenated alkanes) is 4. The second kappa shape index (κ2) is 17.7. The molecular formula is C20H32O4. The fourth-order valence-electron chi connectivity index (χ4n) is 2.03. The predicted octanol–water partition coefficient (Wildman–Crippen LogP) is 5.68. The van der Waals surface area contributed by atoms with Crippen LogP contribution in [0.4, 0.5) is 0 Å². The molecule has 4 heteroatoms. The van der Waals surface area contributed by atoms with E-state index in [9.17, 15) is 4.79 Å². The van der Waals surface area contributed by atoms with Crippen molar-refractivity contribution < 1.29 is 20.0 Å². The molecule has 0 aromatic carbocycles. The Morgan fingerprint density at radius 1 is 1.00 bits per heavy atom. The van der Waals surface area contributed by atoms with Gasteiger partial charge in [0.15, 0.2) is 0 Å². The van der Waals surface area contributed by atoms with Crippen molar-refractivity contribution in [3.63, 3.8) is 0 Å². The van der Waals surface area contributed by atoms with E-state index < -0.39 is 5.97 Å². The van der Waals surface area contributed by atoms with Crippen molar-refractivity contribution in [2.24, 2.45) is 0 Å². The summed E-state index contributed by atoms with van der Waals surface area (Å²) in [6, 6.07) is 0. The fourth-order valence-corrected chi connectivity index (χ4v) is 2.03. The predicted molar refractivity (Wildman–Crippen MR) is 98.9 cm³/mol. The van der Waals surface area contributed by atoms with Crippen LogP contribution in [-0.2, 0) is 9.68 Å². The van der Waals surface area contributed by atoms with Gasteiger partial charge in [0.25, 0.3) is 0 Å². The average molecular weight is 336 g/mol. The molecule has 136 valence electrons. The van der Waals surface area contributed by atoms with Crippen molar-refractivity contribution in [3.8, 4) is 0 Å². The van der Waals surface area contributed by atoms with Crippen LogP contribution >= 0.6 is 0 Å². The van der Waals surface area contributed by atoms with Crippen molar-refractivity contribution in [2.75, 3.05) is 0 Å². The van der Waals surface area contributed by atoms with E-state index in [-0.39, 0.29) is 12.5 Å². The molecular weight excluding hydrogens is 304 g/mol. The van der Waals surface area contributed by atoms with Gasteiger partial charge in [0, 0.05) is 6.42 Å². The lowest BCUT2D eigenvalue weighted by Gasteiger charge is -2.04. The molecule has 0 bridgehead atoms. The summed E-state index contributed by atoms with van der Waals surface area (Å²) in [6.07, 6.45) is 23.4. The van der Waals surface area contributed by atoms with Crippen LogP contribution in [0, 0.1) is 0 Å². The largest absolute Gasteiger partial charge is 0.481 e. The van der Waals surface area contributed by atoms with Gasteiger partial charge in [-0.3, -0.25) is 10.1 Å². The molecule has 0 fully saturated rings. The standard InChI is InChI=1S/C20H32O4/c1-2-3-4-5-10-13-16-19(24-23)17-14-11-8-6-7-9-12-15-18-20(21)22/h7-11,13-14,17,19,23H,2-6,12,15-16,18H2,1H3,(H,21,22)/b9-7-,11-8-,13-10-,17-14+/t19-/m0/s1. The first-order chi connectivity index (χ1) is 11.7. The second-order valence-electron chi connectivity index (χ2n) is 5.65. The zero-order valence-corrected chi connectivity index (χ0v) is 14.8. The summed E-state index contributed by atoms with van der Waals surface area (Å²) in [4.78, 5) is 14.8. The summed E-state index contributed by atoms with van der Waals surface area (Å²) in [5.41, 5.74) is 0. The quantitative estimate of drug-likeness (QED) is 0.133. The molecule has 0 heterocycles. The number of allylic oxidation sites excluding steroid dienone is 6. The highest BCUT2D eigenvalue weighted by atomic mass is 17.1. The van der Waals surface area contributed by atoms with Gasteiger partial charge in [-0.05, 0) is 38.5 Å². The van der Waals surface area contributed by atoms with E-state index >= 15 is 0 Å². The van der Waals surface area contributed by atoms with Gasteiger partial charge in [0.05, 0.1) is 0 Å². The third-order valence-corrected chi connectivity index (χ3v) is 3.42. The normalized spacial score (nSPS) is 13.8. The van der Waals surface area contributed by atoms with E-state index in [0.29, 0.717) is 12.8 Å². The minimum Gasteiger partial charge on any atom is -0.481 e. The highest BCUT2D eigenvalue weighted by Gasteiger charge is 1.99. The molecule has 0 aromatic rings. The molecule has 0 aliphatic carbocycles. The van der Waals surface area contributed by atoms with E-state index in [2.05, 4.69) is 17.9 Å². The molecule has 4 nitrogen and oxygen atoms in total. The van der Waals surface area contributed by atoms with Crippen molar-refractivity contribution in [2.45, 2.75) is 70.8 Å². The number of carbonyl (C=O) groups is 1. The highest BCUT2D eigenvalue weighted by Crippen LogP contribution is 2.04. The van der Waals surface area contributed by atoms with E-state index in [1.807, 2.05) is 42.5 Å². The summed E-state index contributed by atoms with van der Waals surface area (Å²) in [5.74, 6) is -0.745. The van der Waals surface area contributed by atoms with Gasteiger partial charge in [-0.15, -0.1) is 0 Å². The monoisotopic (exact) mass is 336 g/mol. The number of hydrogen-bond donors (Lipinski definition) is 2. The zero-order chi connectivity index (χ0) is 17.9. The minimum absolute atomic E-state index is 0.221. The third-order valence-electron chi connectivity index (χ3n) is 3.42. The number of aliphatic carboxylic acids is 1. The summed E-state index contributed by atoms with van der Waals surface area (Å²) in [6.45, 7) is 2.19. The van der Waals surface area contributed by atoms with Crippen LogP contribution in [0.25, 0.3) is 0 Å². The van der Waals surface area contributed by atoms with Gasteiger partial charge in [-0.2, -0.15) is 0 Å². The lowest BCUT2D eigenvalue weighted by molar-refractivity contribution is -0.264. The second-order valence-corrected chi connectivity index (χ2v) is 5.65.